The van der Waals surface area contributed by atoms with Crippen molar-refractivity contribution in [2.45, 2.75) is 64.3 Å². The Balaban J connectivity index is 1.57. The topological polar surface area (TPSA) is 130 Å². The van der Waals surface area contributed by atoms with Crippen LogP contribution in [-0.4, -0.2) is 56.2 Å². The van der Waals surface area contributed by atoms with Crippen LogP contribution < -0.4 is 25.4 Å². The molecule has 0 aliphatic heterocycles. The first-order valence-corrected chi connectivity index (χ1v) is 13.4. The predicted octanol–water partition coefficient (Wildman–Crippen LogP) is 3.31. The average Bonchev–Trinajstić information content (AvgIpc) is 2.78. The van der Waals surface area contributed by atoms with Gasteiger partial charge in [0.05, 0.1) is 7.11 Å². The van der Waals surface area contributed by atoms with Gasteiger partial charge in [0.1, 0.15) is 10.6 Å². The monoisotopic (exact) mass is 491 g/mol. The zero-order valence-electron chi connectivity index (χ0n) is 20.7. The third-order valence-corrected chi connectivity index (χ3v) is 7.43. The molecule has 188 valence electrons. The maximum atomic E-state index is 13.1. The van der Waals surface area contributed by atoms with Gasteiger partial charge in [-0.1, -0.05) is 6.07 Å². The molecule has 10 nitrogen and oxygen atoms in total. The number of hydrogen-bond donors (Lipinski definition) is 4. The van der Waals surface area contributed by atoms with Gasteiger partial charge < -0.3 is 20.7 Å². The van der Waals surface area contributed by atoms with Gasteiger partial charge >= 0.3 is 0 Å². The van der Waals surface area contributed by atoms with E-state index in [4.69, 9.17) is 4.74 Å². The number of anilines is 3. The standard InChI is InChI=1S/C23H37N7O3S/c1-6-24-21-27-22(25-7-2)29-23(28-21)26-14-17-8-10-18(11-9-17)30-34(31,32)19-13-15(3)12-16(4)20(19)33-5/h12-13,17-18,30H,6-11,14H2,1-5H3,(H3,24,25,26,27,28,29). The van der Waals surface area contributed by atoms with Gasteiger partial charge in [0.2, 0.25) is 27.9 Å². The summed E-state index contributed by atoms with van der Waals surface area (Å²) in [6, 6.07) is 3.50. The maximum absolute atomic E-state index is 13.1. The van der Waals surface area contributed by atoms with Gasteiger partial charge in [0.15, 0.2) is 0 Å². The third kappa shape index (κ3) is 6.69. The molecule has 34 heavy (non-hydrogen) atoms. The molecule has 0 unspecified atom stereocenters. The number of aromatic nitrogens is 3. The lowest BCUT2D eigenvalue weighted by molar-refractivity contribution is 0.323. The largest absolute Gasteiger partial charge is 0.495 e. The lowest BCUT2D eigenvalue weighted by atomic mass is 9.86. The summed E-state index contributed by atoms with van der Waals surface area (Å²) in [6.07, 6.45) is 3.38. The Morgan fingerprint density at radius 1 is 0.912 bits per heavy atom. The molecule has 0 atom stereocenters. The molecule has 0 saturated heterocycles. The molecule has 0 amide bonds. The number of nitrogens with zero attached hydrogens (tertiary/aromatic N) is 3. The number of sulfonamides is 1. The van der Waals surface area contributed by atoms with E-state index in [0.29, 0.717) is 29.5 Å². The highest BCUT2D eigenvalue weighted by molar-refractivity contribution is 7.89. The van der Waals surface area contributed by atoms with Crippen LogP contribution in [0.3, 0.4) is 0 Å². The molecule has 4 N–H and O–H groups in total. The first-order chi connectivity index (χ1) is 16.2. The van der Waals surface area contributed by atoms with Crippen LogP contribution in [0.25, 0.3) is 0 Å². The van der Waals surface area contributed by atoms with Gasteiger partial charge in [-0.25, -0.2) is 13.1 Å². The fourth-order valence-corrected chi connectivity index (χ4v) is 5.94. The number of rotatable bonds is 11. The summed E-state index contributed by atoms with van der Waals surface area (Å²) >= 11 is 0. The Hall–Kier alpha value is -2.66. The third-order valence-electron chi connectivity index (χ3n) is 5.90. The summed E-state index contributed by atoms with van der Waals surface area (Å²) in [4.78, 5) is 13.4. The van der Waals surface area contributed by atoms with Crippen molar-refractivity contribution >= 4 is 27.9 Å². The maximum Gasteiger partial charge on any atom is 0.244 e. The molecule has 0 spiro atoms. The summed E-state index contributed by atoms with van der Waals surface area (Å²) < 4.78 is 34.5. The first-order valence-electron chi connectivity index (χ1n) is 11.9. The van der Waals surface area contributed by atoms with Gasteiger partial charge in [0.25, 0.3) is 0 Å². The number of ether oxygens (including phenoxy) is 1. The summed E-state index contributed by atoms with van der Waals surface area (Å²) in [5, 5.41) is 9.58. The minimum Gasteiger partial charge on any atom is -0.495 e. The molecule has 1 aromatic carbocycles. The zero-order valence-corrected chi connectivity index (χ0v) is 21.6. The number of nitrogens with one attached hydrogen (secondary N) is 4. The number of hydrogen-bond acceptors (Lipinski definition) is 9. The lowest BCUT2D eigenvalue weighted by Gasteiger charge is -2.29. The molecule has 1 aliphatic rings. The minimum absolute atomic E-state index is 0.0929. The average molecular weight is 492 g/mol. The van der Waals surface area contributed by atoms with Crippen molar-refractivity contribution in [1.29, 1.82) is 0 Å². The fraction of sp³-hybridized carbons (Fsp3) is 0.609. The highest BCUT2D eigenvalue weighted by atomic mass is 32.2. The second kappa shape index (κ2) is 11.7. The summed E-state index contributed by atoms with van der Waals surface area (Å²) in [5.74, 6) is 2.43. The second-order valence-electron chi connectivity index (χ2n) is 8.70. The van der Waals surface area contributed by atoms with Crippen LogP contribution in [0.4, 0.5) is 17.8 Å². The van der Waals surface area contributed by atoms with Crippen LogP contribution in [0.15, 0.2) is 17.0 Å². The van der Waals surface area contributed by atoms with Crippen LogP contribution in [-0.2, 0) is 10.0 Å². The predicted molar refractivity (Wildman–Crippen MR) is 135 cm³/mol. The lowest BCUT2D eigenvalue weighted by Crippen LogP contribution is -2.38. The van der Waals surface area contributed by atoms with Crippen molar-refractivity contribution in [1.82, 2.24) is 19.7 Å². The Morgan fingerprint density at radius 2 is 1.47 bits per heavy atom. The second-order valence-corrected chi connectivity index (χ2v) is 10.4. The van der Waals surface area contributed by atoms with E-state index in [-0.39, 0.29) is 10.9 Å². The van der Waals surface area contributed by atoms with Crippen LogP contribution in [0.5, 0.6) is 5.75 Å². The van der Waals surface area contributed by atoms with Crippen LogP contribution >= 0.6 is 0 Å². The molecule has 1 fully saturated rings. The summed E-state index contributed by atoms with van der Waals surface area (Å²) in [6.45, 7) is 9.91. The van der Waals surface area contributed by atoms with E-state index in [1.807, 2.05) is 33.8 Å². The smallest absolute Gasteiger partial charge is 0.244 e. The van der Waals surface area contributed by atoms with Crippen molar-refractivity contribution in [2.75, 3.05) is 42.7 Å². The molecule has 1 heterocycles. The number of methoxy groups -OCH3 is 1. The summed E-state index contributed by atoms with van der Waals surface area (Å²) in [5.41, 5.74) is 1.70. The Morgan fingerprint density at radius 3 is 2.00 bits per heavy atom. The van der Waals surface area contributed by atoms with E-state index < -0.39 is 10.0 Å². The number of benzene rings is 1. The molecular weight excluding hydrogens is 454 g/mol. The fourth-order valence-electron chi connectivity index (χ4n) is 4.31. The van der Waals surface area contributed by atoms with Crippen LogP contribution in [0.2, 0.25) is 0 Å². The molecule has 1 aliphatic carbocycles. The molecule has 1 aromatic heterocycles. The minimum atomic E-state index is -3.67. The quantitative estimate of drug-likeness (QED) is 0.374. The van der Waals surface area contributed by atoms with Crippen molar-refractivity contribution in [2.24, 2.45) is 5.92 Å². The zero-order chi connectivity index (χ0) is 24.7. The molecular formula is C23H37N7O3S. The van der Waals surface area contributed by atoms with E-state index in [9.17, 15) is 8.42 Å². The van der Waals surface area contributed by atoms with Gasteiger partial charge in [0, 0.05) is 25.7 Å². The van der Waals surface area contributed by atoms with E-state index in [1.165, 1.54) is 7.11 Å². The van der Waals surface area contributed by atoms with Crippen LogP contribution in [0, 0.1) is 19.8 Å². The summed E-state index contributed by atoms with van der Waals surface area (Å²) in [7, 11) is -2.17. The molecule has 3 rings (SSSR count). The van der Waals surface area contributed by atoms with E-state index in [0.717, 1.165) is 56.4 Å². The Labute approximate surface area is 202 Å². The first kappa shape index (κ1) is 26.0. The highest BCUT2D eigenvalue weighted by Gasteiger charge is 2.28. The normalized spacial score (nSPS) is 18.4. The van der Waals surface area contributed by atoms with Crippen molar-refractivity contribution in [3.63, 3.8) is 0 Å². The van der Waals surface area contributed by atoms with Gasteiger partial charge in [-0.2, -0.15) is 15.0 Å². The van der Waals surface area contributed by atoms with Gasteiger partial charge in [-0.05, 0) is 76.5 Å². The SMILES string of the molecule is CCNc1nc(NCC)nc(NCC2CCC(NS(=O)(=O)c3cc(C)cc(C)c3OC)CC2)n1. The van der Waals surface area contributed by atoms with Crippen molar-refractivity contribution in [3.05, 3.63) is 23.3 Å². The molecule has 0 bridgehead atoms. The molecule has 1 saturated carbocycles. The van der Waals surface area contributed by atoms with Gasteiger partial charge in [-0.15, -0.1) is 0 Å². The van der Waals surface area contributed by atoms with E-state index in [2.05, 4.69) is 35.6 Å². The Bertz CT molecular complexity index is 1050. The van der Waals surface area contributed by atoms with Crippen molar-refractivity contribution in [3.8, 4) is 5.75 Å². The van der Waals surface area contributed by atoms with Crippen LogP contribution in [0.1, 0.15) is 50.7 Å². The number of aryl methyl sites for hydroxylation is 2. The van der Waals surface area contributed by atoms with E-state index in [1.54, 1.807) is 6.07 Å². The molecule has 2 aromatic rings. The van der Waals surface area contributed by atoms with Gasteiger partial charge in [-0.3, -0.25) is 0 Å². The molecule has 0 radical (unpaired) electrons. The highest BCUT2D eigenvalue weighted by Crippen LogP contribution is 2.31. The van der Waals surface area contributed by atoms with Crippen molar-refractivity contribution < 1.29 is 13.2 Å². The van der Waals surface area contributed by atoms with E-state index >= 15 is 0 Å². The Kier molecular flexibility index (Phi) is 8.90. The molecule has 11 heteroatoms.